The van der Waals surface area contributed by atoms with Gasteiger partial charge < -0.3 is 19.9 Å². The number of rotatable bonds is 5. The van der Waals surface area contributed by atoms with Crippen molar-refractivity contribution in [3.05, 3.63) is 47.4 Å². The lowest BCUT2D eigenvalue weighted by molar-refractivity contribution is -0.146. The summed E-state index contributed by atoms with van der Waals surface area (Å²) in [5.41, 5.74) is 3.19. The van der Waals surface area contributed by atoms with Crippen molar-refractivity contribution in [2.75, 3.05) is 32.6 Å². The van der Waals surface area contributed by atoms with Gasteiger partial charge >= 0.3 is 11.8 Å². The van der Waals surface area contributed by atoms with Gasteiger partial charge in [-0.15, -0.1) is 11.3 Å². The van der Waals surface area contributed by atoms with E-state index in [1.165, 1.54) is 0 Å². The number of piperidine rings is 1. The summed E-state index contributed by atoms with van der Waals surface area (Å²) in [5.74, 6) is -0.900. The van der Waals surface area contributed by atoms with Crippen molar-refractivity contribution in [2.24, 2.45) is 5.92 Å². The van der Waals surface area contributed by atoms with Gasteiger partial charge in [0.15, 0.2) is 6.23 Å². The summed E-state index contributed by atoms with van der Waals surface area (Å²) in [6, 6.07) is 6.06. The lowest BCUT2D eigenvalue weighted by atomic mass is 9.89. The van der Waals surface area contributed by atoms with E-state index >= 15 is 0 Å². The van der Waals surface area contributed by atoms with Crippen LogP contribution in [-0.2, 0) is 20.9 Å². The molecule has 2 fully saturated rings. The molecule has 0 bridgehead atoms. The smallest absolute Gasteiger partial charge is 0.313 e. The average molecular weight is 562 g/mol. The van der Waals surface area contributed by atoms with Gasteiger partial charge in [-0.1, -0.05) is 13.0 Å². The van der Waals surface area contributed by atoms with E-state index in [9.17, 15) is 9.59 Å². The van der Waals surface area contributed by atoms with E-state index in [-0.39, 0.29) is 12.3 Å². The van der Waals surface area contributed by atoms with Crippen molar-refractivity contribution in [1.82, 2.24) is 29.5 Å². The molecule has 2 amide bonds. The quantitative estimate of drug-likeness (QED) is 0.351. The highest BCUT2D eigenvalue weighted by Crippen LogP contribution is 2.36. The van der Waals surface area contributed by atoms with Crippen molar-refractivity contribution in [2.45, 2.75) is 57.8 Å². The summed E-state index contributed by atoms with van der Waals surface area (Å²) in [4.78, 5) is 40.0. The summed E-state index contributed by atoms with van der Waals surface area (Å²) in [5, 5.41) is 9.15. The third-order valence-electron chi connectivity index (χ3n) is 7.77. The number of carbonyl (C=O) groups is 2. The predicted molar refractivity (Wildman–Crippen MR) is 155 cm³/mol. The molecule has 5 heterocycles. The molecule has 3 aromatic heterocycles. The van der Waals surface area contributed by atoms with Crippen LogP contribution in [-0.4, -0.2) is 68.6 Å². The molecule has 0 radical (unpaired) electrons. The second kappa shape index (κ2) is 11.2. The molecule has 2 saturated heterocycles. The minimum Gasteiger partial charge on any atom is -0.356 e. The lowest BCUT2D eigenvalue weighted by Gasteiger charge is -2.38. The Morgan fingerprint density at radius 3 is 2.83 bits per heavy atom. The van der Waals surface area contributed by atoms with Gasteiger partial charge in [-0.05, 0) is 69.8 Å². The zero-order valence-electron chi connectivity index (χ0n) is 23.2. The largest absolute Gasteiger partial charge is 0.356 e. The Morgan fingerprint density at radius 2 is 2.02 bits per heavy atom. The number of anilines is 1. The Hall–Kier alpha value is -3.41. The van der Waals surface area contributed by atoms with Crippen molar-refractivity contribution in [3.8, 4) is 0 Å². The number of thiazole rings is 1. The number of ether oxygens (including phenoxy) is 1. The molecule has 1 N–H and O–H groups in total. The first-order valence-corrected chi connectivity index (χ1v) is 14.8. The number of pyridine rings is 1. The summed E-state index contributed by atoms with van der Waals surface area (Å²) >= 11 is 1.69. The minimum absolute atomic E-state index is 0.148. The number of aromatic nitrogens is 4. The van der Waals surface area contributed by atoms with Crippen molar-refractivity contribution in [3.63, 3.8) is 0 Å². The number of likely N-dealkylation sites (tertiary alicyclic amines) is 1. The molecule has 11 heteroatoms. The van der Waals surface area contributed by atoms with Crippen LogP contribution in [0.3, 0.4) is 0 Å². The number of hydrogen-bond acceptors (Lipinski definition) is 8. The van der Waals surface area contributed by atoms with E-state index in [0.717, 1.165) is 70.3 Å². The molecule has 4 aromatic rings. The summed E-state index contributed by atoms with van der Waals surface area (Å²) in [6.07, 6.45) is 9.63. The van der Waals surface area contributed by atoms with Crippen molar-refractivity contribution in [1.29, 1.82) is 0 Å². The Labute approximate surface area is 237 Å². The number of nitrogens with one attached hydrogen (secondary N) is 1. The number of fused-ring (bicyclic) bond motifs is 2. The van der Waals surface area contributed by atoms with Gasteiger partial charge in [-0.2, -0.15) is 5.10 Å². The fourth-order valence-corrected chi connectivity index (χ4v) is 6.84. The van der Waals surface area contributed by atoms with E-state index in [2.05, 4.69) is 45.4 Å². The number of benzene rings is 1. The fraction of sp³-hybridized carbons (Fsp3) is 0.483. The number of carbonyl (C=O) groups excluding carboxylic acids is 2. The monoisotopic (exact) mass is 561 g/mol. The van der Waals surface area contributed by atoms with Gasteiger partial charge in [0.2, 0.25) is 0 Å². The highest BCUT2D eigenvalue weighted by Gasteiger charge is 2.35. The highest BCUT2D eigenvalue weighted by atomic mass is 32.1. The molecule has 0 aliphatic carbocycles. The van der Waals surface area contributed by atoms with Gasteiger partial charge in [-0.3, -0.25) is 14.6 Å². The van der Waals surface area contributed by atoms with E-state index < -0.39 is 11.8 Å². The maximum absolute atomic E-state index is 13.6. The molecule has 1 aromatic carbocycles. The molecule has 6 rings (SSSR count). The van der Waals surface area contributed by atoms with Gasteiger partial charge in [0.1, 0.15) is 5.01 Å². The van der Waals surface area contributed by atoms with Crippen molar-refractivity contribution < 1.29 is 14.3 Å². The van der Waals surface area contributed by atoms with Crippen LogP contribution in [0, 0.1) is 5.92 Å². The first-order chi connectivity index (χ1) is 19.4. The molecular formula is C29H35N7O3S. The summed E-state index contributed by atoms with van der Waals surface area (Å²) < 4.78 is 8.84. The Morgan fingerprint density at radius 1 is 1.15 bits per heavy atom. The summed E-state index contributed by atoms with van der Waals surface area (Å²) in [7, 11) is 4.06. The van der Waals surface area contributed by atoms with Crippen LogP contribution in [0.25, 0.3) is 21.1 Å². The second-order valence-corrected chi connectivity index (χ2v) is 12.3. The summed E-state index contributed by atoms with van der Waals surface area (Å²) in [6.45, 7) is 4.14. The predicted octanol–water partition coefficient (Wildman–Crippen LogP) is 4.74. The Balaban J connectivity index is 1.23. The maximum Gasteiger partial charge on any atom is 0.313 e. The normalized spacial score (nSPS) is 21.8. The molecule has 1 unspecified atom stereocenters. The average Bonchev–Trinajstić information content (AvgIpc) is 3.56. The van der Waals surface area contributed by atoms with Gasteiger partial charge in [0, 0.05) is 25.1 Å². The van der Waals surface area contributed by atoms with Crippen LogP contribution in [0.4, 0.5) is 5.69 Å². The van der Waals surface area contributed by atoms with Crippen LogP contribution >= 0.6 is 11.3 Å². The lowest BCUT2D eigenvalue weighted by Crippen LogP contribution is -2.46. The van der Waals surface area contributed by atoms with E-state index in [0.29, 0.717) is 24.8 Å². The van der Waals surface area contributed by atoms with Crippen molar-refractivity contribution >= 4 is 50.0 Å². The van der Waals surface area contributed by atoms with E-state index in [4.69, 9.17) is 9.72 Å². The molecule has 3 atom stereocenters. The molecule has 0 saturated carbocycles. The molecule has 0 spiro atoms. The Kier molecular flexibility index (Phi) is 7.52. The van der Waals surface area contributed by atoms with Crippen LogP contribution in [0.15, 0.2) is 36.8 Å². The van der Waals surface area contributed by atoms with Gasteiger partial charge in [0.25, 0.3) is 0 Å². The third-order valence-corrected chi connectivity index (χ3v) is 8.79. The third kappa shape index (κ3) is 5.33. The molecule has 2 aliphatic rings. The molecular weight excluding hydrogens is 526 g/mol. The SMILES string of the molecule is C[C@H]1CC[C@H](c2ccc3sc(CN(C)C)nc3c2)N(C(=O)C(=O)Nc2cncc3c2cnn3C2CCCCO2)C1. The Bertz CT molecular complexity index is 1540. The molecule has 2 aliphatic heterocycles. The first-order valence-electron chi connectivity index (χ1n) is 14.0. The molecule has 10 nitrogen and oxygen atoms in total. The minimum atomic E-state index is -0.668. The second-order valence-electron chi connectivity index (χ2n) is 11.2. The highest BCUT2D eigenvalue weighted by molar-refractivity contribution is 7.18. The standard InChI is InChI=1S/C29H35N7O3S/c1-18-7-9-23(19-8-10-25-21(12-19)32-26(40-25)17-34(2)3)35(16-18)29(38)28(37)33-22-14-30-15-24-20(22)13-31-36(24)27-6-4-5-11-39-27/h8,10,12-15,18,23,27H,4-7,9,11,16-17H2,1-3H3,(H,33,37)/t18-,23+,27?/m0/s1. The number of hydrogen-bond donors (Lipinski definition) is 1. The topological polar surface area (TPSA) is 105 Å². The van der Waals surface area contributed by atoms with Gasteiger partial charge in [0.05, 0.1) is 46.1 Å². The number of amides is 2. The fourth-order valence-electron chi connectivity index (χ4n) is 5.77. The van der Waals surface area contributed by atoms with Crippen LogP contribution in [0.2, 0.25) is 0 Å². The zero-order valence-corrected chi connectivity index (χ0v) is 24.0. The zero-order chi connectivity index (χ0) is 27.8. The van der Waals surface area contributed by atoms with Crippen LogP contribution in [0.1, 0.15) is 61.9 Å². The first kappa shape index (κ1) is 26.8. The van der Waals surface area contributed by atoms with Gasteiger partial charge in [-0.25, -0.2) is 9.67 Å². The maximum atomic E-state index is 13.6. The molecule has 210 valence electrons. The molecule has 40 heavy (non-hydrogen) atoms. The van der Waals surface area contributed by atoms with E-state index in [1.54, 1.807) is 34.8 Å². The number of nitrogens with zero attached hydrogens (tertiary/aromatic N) is 6. The van der Waals surface area contributed by atoms with E-state index in [1.807, 2.05) is 18.8 Å². The van der Waals surface area contributed by atoms with Crippen LogP contribution in [0.5, 0.6) is 0 Å². The van der Waals surface area contributed by atoms with Crippen LogP contribution < -0.4 is 5.32 Å².